The number of nitrogens with one attached hydrogen (secondary N) is 1. The maximum Gasteiger partial charge on any atom is 0.322 e. The number of fused-ring (bicyclic) bond motifs is 1. The Labute approximate surface area is 190 Å². The molecule has 3 aromatic rings. The van der Waals surface area contributed by atoms with Crippen LogP contribution in [-0.4, -0.2) is 41.4 Å². The van der Waals surface area contributed by atoms with Crippen LogP contribution in [0.5, 0.6) is 0 Å². The summed E-state index contributed by atoms with van der Waals surface area (Å²) in [7, 11) is -3.73. The Morgan fingerprint density at radius 3 is 2.75 bits per heavy atom. The number of sulfonamides is 1. The molecule has 2 aliphatic rings. The first-order valence-electron chi connectivity index (χ1n) is 10.8. The lowest BCUT2D eigenvalue weighted by Gasteiger charge is -2.32. The molecule has 8 nitrogen and oxygen atoms in total. The van der Waals surface area contributed by atoms with E-state index in [9.17, 15) is 13.2 Å². The number of thiophene rings is 1. The van der Waals surface area contributed by atoms with E-state index < -0.39 is 22.0 Å². The van der Waals surface area contributed by atoms with Gasteiger partial charge in [-0.3, -0.25) is 10.1 Å². The van der Waals surface area contributed by atoms with E-state index in [1.165, 1.54) is 28.3 Å². The summed E-state index contributed by atoms with van der Waals surface area (Å²) >= 11 is 1.15. The van der Waals surface area contributed by atoms with Crippen molar-refractivity contribution >= 4 is 33.3 Å². The highest BCUT2D eigenvalue weighted by Crippen LogP contribution is 2.30. The number of anilines is 1. The summed E-state index contributed by atoms with van der Waals surface area (Å²) in [6.45, 7) is 0.308. The molecular formula is C22H24N4O4S2. The van der Waals surface area contributed by atoms with E-state index in [0.717, 1.165) is 42.6 Å². The molecular weight excluding hydrogens is 448 g/mol. The smallest absolute Gasteiger partial charge is 0.322 e. The number of nitrogens with zero attached hydrogens (tertiary/aromatic N) is 3. The Kier molecular flexibility index (Phi) is 5.83. The maximum atomic E-state index is 13.0. The average molecular weight is 473 g/mol. The van der Waals surface area contributed by atoms with Gasteiger partial charge >= 0.3 is 6.01 Å². The van der Waals surface area contributed by atoms with Gasteiger partial charge in [0, 0.05) is 12.1 Å². The lowest BCUT2D eigenvalue weighted by molar-refractivity contribution is -0.120. The van der Waals surface area contributed by atoms with Gasteiger partial charge in [-0.05, 0) is 73.2 Å². The summed E-state index contributed by atoms with van der Waals surface area (Å²) in [6, 6.07) is 8.55. The predicted octanol–water partition coefficient (Wildman–Crippen LogP) is 3.86. The number of rotatable bonds is 5. The van der Waals surface area contributed by atoms with Gasteiger partial charge in [0.15, 0.2) is 0 Å². The molecule has 32 heavy (non-hydrogen) atoms. The van der Waals surface area contributed by atoms with Crippen LogP contribution in [0, 0.1) is 0 Å². The zero-order valence-corrected chi connectivity index (χ0v) is 19.1. The molecule has 10 heteroatoms. The molecule has 1 aromatic carbocycles. The molecule has 0 radical (unpaired) electrons. The second kappa shape index (κ2) is 8.76. The first-order chi connectivity index (χ1) is 15.5. The van der Waals surface area contributed by atoms with Crippen LogP contribution < -0.4 is 5.32 Å². The number of carbonyl (C=O) groups is 1. The molecule has 1 amide bonds. The molecule has 2 aromatic heterocycles. The third-order valence-corrected chi connectivity index (χ3v) is 9.35. The van der Waals surface area contributed by atoms with Crippen LogP contribution in [0.1, 0.15) is 43.2 Å². The van der Waals surface area contributed by atoms with Crippen molar-refractivity contribution in [3.63, 3.8) is 0 Å². The van der Waals surface area contributed by atoms with E-state index in [0.29, 0.717) is 18.9 Å². The summed E-state index contributed by atoms with van der Waals surface area (Å²) in [6.07, 6.45) is 6.46. The van der Waals surface area contributed by atoms with Crippen LogP contribution in [0.3, 0.4) is 0 Å². The topological polar surface area (TPSA) is 105 Å². The molecule has 1 unspecified atom stereocenters. The fraction of sp³-hybridized carbons (Fsp3) is 0.409. The Bertz CT molecular complexity index is 1220. The van der Waals surface area contributed by atoms with Crippen LogP contribution >= 0.6 is 11.3 Å². The van der Waals surface area contributed by atoms with E-state index in [-0.39, 0.29) is 10.2 Å². The number of amides is 1. The molecule has 1 saturated heterocycles. The molecule has 0 bridgehead atoms. The number of carbonyl (C=O) groups excluding carboxylic acids is 1. The standard InChI is InChI=1S/C22H24N4O4S2/c27-20(18-8-3-4-12-26(18)32(28,29)19-9-5-13-31-19)23-22-25-24-21(30-22)17-11-10-15-6-1-2-7-16(15)14-17/h5,9-11,13-14,18H,1-4,6-8,12H2,(H,23,25,27). The van der Waals surface area contributed by atoms with Crippen molar-refractivity contribution in [2.24, 2.45) is 0 Å². The van der Waals surface area contributed by atoms with Gasteiger partial charge in [0.1, 0.15) is 10.3 Å². The summed E-state index contributed by atoms with van der Waals surface area (Å²) < 4.78 is 33.3. The summed E-state index contributed by atoms with van der Waals surface area (Å²) in [4.78, 5) is 13.0. The molecule has 5 rings (SSSR count). The zero-order valence-electron chi connectivity index (χ0n) is 17.5. The van der Waals surface area contributed by atoms with Gasteiger partial charge in [0.05, 0.1) is 0 Å². The lowest BCUT2D eigenvalue weighted by atomic mass is 9.90. The van der Waals surface area contributed by atoms with E-state index in [4.69, 9.17) is 4.42 Å². The van der Waals surface area contributed by atoms with Crippen molar-refractivity contribution in [3.8, 4) is 11.5 Å². The number of aromatic nitrogens is 2. The van der Waals surface area contributed by atoms with E-state index in [1.807, 2.05) is 6.07 Å². The largest absolute Gasteiger partial charge is 0.403 e. The monoisotopic (exact) mass is 472 g/mol. The van der Waals surface area contributed by atoms with E-state index in [2.05, 4.69) is 27.6 Å². The minimum Gasteiger partial charge on any atom is -0.403 e. The number of benzene rings is 1. The number of piperidine rings is 1. The molecule has 3 heterocycles. The first kappa shape index (κ1) is 21.3. The van der Waals surface area contributed by atoms with Crippen molar-refractivity contribution < 1.29 is 17.6 Å². The van der Waals surface area contributed by atoms with Gasteiger partial charge in [0.2, 0.25) is 11.8 Å². The van der Waals surface area contributed by atoms with Crippen molar-refractivity contribution in [2.75, 3.05) is 11.9 Å². The number of aryl methyl sites for hydroxylation is 2. The SMILES string of the molecule is O=C(Nc1nnc(-c2ccc3c(c2)CCCC3)o1)C1CCCCN1S(=O)(=O)c1cccs1. The number of hydrogen-bond donors (Lipinski definition) is 1. The molecule has 0 spiro atoms. The Hall–Kier alpha value is -2.56. The van der Waals surface area contributed by atoms with Crippen molar-refractivity contribution in [1.29, 1.82) is 0 Å². The van der Waals surface area contributed by atoms with Gasteiger partial charge < -0.3 is 4.42 Å². The first-order valence-corrected chi connectivity index (χ1v) is 13.2. The minimum atomic E-state index is -3.73. The quantitative estimate of drug-likeness (QED) is 0.605. The fourth-order valence-corrected chi connectivity index (χ4v) is 7.20. The Balaban J connectivity index is 1.33. The average Bonchev–Trinajstić information content (AvgIpc) is 3.52. The van der Waals surface area contributed by atoms with Crippen LogP contribution in [-0.2, 0) is 27.7 Å². The maximum absolute atomic E-state index is 13.0. The van der Waals surface area contributed by atoms with E-state index in [1.54, 1.807) is 17.5 Å². The molecule has 1 aliphatic heterocycles. The van der Waals surface area contributed by atoms with Gasteiger partial charge in [0.25, 0.3) is 10.0 Å². The Morgan fingerprint density at radius 1 is 1.09 bits per heavy atom. The normalized spacial score (nSPS) is 19.4. The zero-order chi connectivity index (χ0) is 22.1. The molecule has 168 valence electrons. The predicted molar refractivity (Wildman–Crippen MR) is 121 cm³/mol. The van der Waals surface area contributed by atoms with Crippen molar-refractivity contribution in [1.82, 2.24) is 14.5 Å². The number of hydrogen-bond acceptors (Lipinski definition) is 7. The third kappa shape index (κ3) is 4.10. The van der Waals surface area contributed by atoms with Gasteiger partial charge in [-0.2, -0.15) is 4.31 Å². The molecule has 1 aliphatic carbocycles. The van der Waals surface area contributed by atoms with Crippen LogP contribution in [0.15, 0.2) is 44.3 Å². The summed E-state index contributed by atoms with van der Waals surface area (Å²) in [5, 5.41) is 12.4. The molecule has 1 atom stereocenters. The van der Waals surface area contributed by atoms with Crippen LogP contribution in [0.4, 0.5) is 6.01 Å². The minimum absolute atomic E-state index is 0.0261. The van der Waals surface area contributed by atoms with Gasteiger partial charge in [-0.25, -0.2) is 8.42 Å². The van der Waals surface area contributed by atoms with E-state index >= 15 is 0 Å². The second-order valence-electron chi connectivity index (χ2n) is 8.15. The highest BCUT2D eigenvalue weighted by atomic mass is 32.2. The highest BCUT2D eigenvalue weighted by molar-refractivity contribution is 7.91. The van der Waals surface area contributed by atoms with Crippen LogP contribution in [0.25, 0.3) is 11.5 Å². The van der Waals surface area contributed by atoms with Gasteiger partial charge in [-0.1, -0.05) is 23.7 Å². The van der Waals surface area contributed by atoms with Gasteiger partial charge in [-0.15, -0.1) is 16.4 Å². The summed E-state index contributed by atoms with van der Waals surface area (Å²) in [5.74, 6) is -0.120. The van der Waals surface area contributed by atoms with Crippen LogP contribution in [0.2, 0.25) is 0 Å². The molecule has 0 saturated carbocycles. The highest BCUT2D eigenvalue weighted by Gasteiger charge is 2.38. The summed E-state index contributed by atoms with van der Waals surface area (Å²) in [5.41, 5.74) is 3.48. The van der Waals surface area contributed by atoms with Crippen molar-refractivity contribution in [2.45, 2.75) is 55.2 Å². The third-order valence-electron chi connectivity index (χ3n) is 6.06. The molecule has 1 fully saturated rings. The second-order valence-corrected chi connectivity index (χ2v) is 11.2. The van der Waals surface area contributed by atoms with Crippen molar-refractivity contribution in [3.05, 3.63) is 46.8 Å². The Morgan fingerprint density at radius 2 is 1.94 bits per heavy atom. The molecule has 1 N–H and O–H groups in total. The lowest BCUT2D eigenvalue weighted by Crippen LogP contribution is -2.49. The fourth-order valence-electron chi connectivity index (χ4n) is 4.43.